The van der Waals surface area contributed by atoms with Crippen LogP contribution in [0.25, 0.3) is 0 Å². The van der Waals surface area contributed by atoms with E-state index in [4.69, 9.17) is 23.7 Å². The van der Waals surface area contributed by atoms with Crippen LogP contribution in [0.4, 0.5) is 5.69 Å². The summed E-state index contributed by atoms with van der Waals surface area (Å²) in [6.07, 6.45) is 1.80. The third-order valence-corrected chi connectivity index (χ3v) is 8.41. The molecule has 0 radical (unpaired) electrons. The van der Waals surface area contributed by atoms with Gasteiger partial charge in [0.15, 0.2) is 5.78 Å². The fourth-order valence-corrected chi connectivity index (χ4v) is 6.19. The third-order valence-electron chi connectivity index (χ3n) is 8.41. The minimum atomic E-state index is -0.936. The maximum absolute atomic E-state index is 13.9. The first-order chi connectivity index (χ1) is 22.5. The number of hydrogen-bond acceptors (Lipinski definition) is 12. The number of ketones is 1. The van der Waals surface area contributed by atoms with Crippen molar-refractivity contribution in [1.29, 1.82) is 0 Å². The summed E-state index contributed by atoms with van der Waals surface area (Å²) in [6.45, 7) is 5.25. The minimum Gasteiger partial charge on any atom is -0.496 e. The second-order valence-electron chi connectivity index (χ2n) is 11.4. The Labute approximate surface area is 273 Å². The monoisotopic (exact) mass is 651 g/mol. The van der Waals surface area contributed by atoms with E-state index in [9.17, 15) is 24.5 Å². The molecule has 2 unspecified atom stereocenters. The van der Waals surface area contributed by atoms with Crippen LogP contribution < -0.4 is 19.5 Å². The van der Waals surface area contributed by atoms with E-state index >= 15 is 0 Å². The summed E-state index contributed by atoms with van der Waals surface area (Å²) in [6, 6.07) is 9.15. The molecule has 0 spiro atoms. The molecule has 0 amide bonds. The lowest BCUT2D eigenvalue weighted by Gasteiger charge is -2.34. The number of nitro benzene ring substituents is 1. The predicted octanol–water partition coefficient (Wildman–Crippen LogP) is 4.70. The van der Waals surface area contributed by atoms with Gasteiger partial charge in [-0.2, -0.15) is 0 Å². The van der Waals surface area contributed by atoms with Gasteiger partial charge in [-0.3, -0.25) is 19.8 Å². The first-order valence-electron chi connectivity index (χ1n) is 15.3. The van der Waals surface area contributed by atoms with Gasteiger partial charge in [0.1, 0.15) is 28.9 Å². The predicted molar refractivity (Wildman–Crippen MR) is 172 cm³/mol. The Morgan fingerprint density at radius 3 is 2.21 bits per heavy atom. The number of nitro groups is 1. The smallest absolute Gasteiger partial charge is 0.337 e. The topological polar surface area (TPSA) is 156 Å². The highest BCUT2D eigenvalue weighted by Gasteiger charge is 2.39. The van der Waals surface area contributed by atoms with Gasteiger partial charge in [-0.25, -0.2) is 9.59 Å². The molecule has 2 aromatic carbocycles. The number of benzene rings is 2. The Kier molecular flexibility index (Phi) is 11.6. The van der Waals surface area contributed by atoms with Gasteiger partial charge < -0.3 is 29.0 Å². The molecule has 4 rings (SSSR count). The quantitative estimate of drug-likeness (QED) is 0.138. The van der Waals surface area contributed by atoms with E-state index in [-0.39, 0.29) is 29.0 Å². The number of non-ortho nitro benzene ring substituents is 1. The highest BCUT2D eigenvalue weighted by molar-refractivity contribution is 6.02. The van der Waals surface area contributed by atoms with Gasteiger partial charge in [0.25, 0.3) is 5.69 Å². The number of nitrogens with one attached hydrogen (secondary N) is 1. The van der Waals surface area contributed by atoms with Gasteiger partial charge in [-0.15, -0.1) is 0 Å². The van der Waals surface area contributed by atoms with Crippen molar-refractivity contribution in [3.05, 3.63) is 80.2 Å². The van der Waals surface area contributed by atoms with Crippen LogP contribution in [0.15, 0.2) is 58.9 Å². The maximum Gasteiger partial charge on any atom is 0.337 e. The number of allylic oxidation sites excluding steroid dienone is 2. The second-order valence-corrected chi connectivity index (χ2v) is 11.4. The number of carbonyl (C=O) groups is 3. The number of ether oxygens (including phenoxy) is 5. The molecule has 1 N–H and O–H groups in total. The summed E-state index contributed by atoms with van der Waals surface area (Å²) >= 11 is 0. The van der Waals surface area contributed by atoms with Crippen molar-refractivity contribution >= 4 is 23.4 Å². The number of esters is 2. The molecule has 2 heterocycles. The van der Waals surface area contributed by atoms with Gasteiger partial charge in [0, 0.05) is 48.6 Å². The van der Waals surface area contributed by atoms with Crippen LogP contribution in [0.1, 0.15) is 61.4 Å². The first kappa shape index (κ1) is 35.0. The fourth-order valence-electron chi connectivity index (χ4n) is 6.19. The van der Waals surface area contributed by atoms with Crippen LogP contribution in [0.2, 0.25) is 0 Å². The van der Waals surface area contributed by atoms with Crippen LogP contribution in [0.5, 0.6) is 17.2 Å². The van der Waals surface area contributed by atoms with Crippen molar-refractivity contribution in [1.82, 2.24) is 10.2 Å². The molecule has 1 saturated heterocycles. The standard InChI is InChI=1S/C34H41N3O10/c1-20-29(33(39)46-6)31(22-10-7-11-23(16-22)37(41)42)30(21(2)35-20)34(40)47-24-12-8-14-36(19-24)15-9-13-26(38)32-27(44-4)17-25(43-3)18-28(32)45-5/h7,10-11,16-18,24,31,35H,8-9,12-15,19H2,1-6H3. The number of piperidine rings is 1. The Morgan fingerprint density at radius 2 is 1.62 bits per heavy atom. The zero-order valence-corrected chi connectivity index (χ0v) is 27.5. The van der Waals surface area contributed by atoms with Crippen LogP contribution >= 0.6 is 0 Å². The number of nitrogens with zero attached hydrogens (tertiary/aromatic N) is 2. The second kappa shape index (κ2) is 15.6. The van der Waals surface area contributed by atoms with Crippen molar-refractivity contribution in [3.63, 3.8) is 0 Å². The maximum atomic E-state index is 13.9. The zero-order valence-electron chi connectivity index (χ0n) is 27.5. The van der Waals surface area contributed by atoms with E-state index in [2.05, 4.69) is 10.2 Å². The molecule has 0 saturated carbocycles. The van der Waals surface area contributed by atoms with Gasteiger partial charge >= 0.3 is 11.9 Å². The molecule has 252 valence electrons. The number of likely N-dealkylation sites (tertiary alicyclic amines) is 1. The van der Waals surface area contributed by atoms with Crippen LogP contribution in [0.3, 0.4) is 0 Å². The third kappa shape index (κ3) is 7.91. The lowest BCUT2D eigenvalue weighted by Crippen LogP contribution is -2.42. The Morgan fingerprint density at radius 1 is 0.957 bits per heavy atom. The van der Waals surface area contributed by atoms with E-state index < -0.39 is 28.9 Å². The summed E-state index contributed by atoms with van der Waals surface area (Å²) in [5.41, 5.74) is 1.90. The van der Waals surface area contributed by atoms with E-state index in [0.29, 0.717) is 65.7 Å². The Bertz CT molecular complexity index is 1570. The van der Waals surface area contributed by atoms with Gasteiger partial charge in [0.05, 0.1) is 50.4 Å². The molecular weight excluding hydrogens is 610 g/mol. The minimum absolute atomic E-state index is 0.120. The SMILES string of the molecule is COC(=O)C1=C(C)NC(C)=C(C(=O)OC2CCCN(CCCC(=O)c3c(OC)cc(OC)cc3OC)C2)C1c1cccc([N+](=O)[O-])c1. The lowest BCUT2D eigenvalue weighted by atomic mass is 9.80. The highest BCUT2D eigenvalue weighted by atomic mass is 16.6. The number of dihydropyridines is 1. The van der Waals surface area contributed by atoms with Crippen molar-refractivity contribution in [3.8, 4) is 17.2 Å². The number of carbonyl (C=O) groups excluding carboxylic acids is 3. The van der Waals surface area contributed by atoms with E-state index in [1.165, 1.54) is 46.6 Å². The van der Waals surface area contributed by atoms with Crippen LogP contribution in [0, 0.1) is 10.1 Å². The number of rotatable bonds is 13. The molecule has 2 aliphatic heterocycles. The summed E-state index contributed by atoms with van der Waals surface area (Å²) in [4.78, 5) is 53.2. The molecule has 13 heteroatoms. The fraction of sp³-hybridized carbons (Fsp3) is 0.441. The molecule has 1 fully saturated rings. The summed E-state index contributed by atoms with van der Waals surface area (Å²) < 4.78 is 27.2. The molecule has 2 aliphatic rings. The number of hydrogen-bond donors (Lipinski definition) is 1. The number of methoxy groups -OCH3 is 4. The average molecular weight is 652 g/mol. The molecular formula is C34H41N3O10. The molecule has 47 heavy (non-hydrogen) atoms. The lowest BCUT2D eigenvalue weighted by molar-refractivity contribution is -0.384. The van der Waals surface area contributed by atoms with E-state index in [0.717, 1.165) is 13.0 Å². The van der Waals surface area contributed by atoms with Gasteiger partial charge in [-0.05, 0) is 51.8 Å². The Hall–Kier alpha value is -4.91. The van der Waals surface area contributed by atoms with Gasteiger partial charge in [-0.1, -0.05) is 12.1 Å². The van der Waals surface area contributed by atoms with Crippen molar-refractivity contribution in [2.24, 2.45) is 0 Å². The molecule has 2 aromatic rings. The van der Waals surface area contributed by atoms with E-state index in [1.807, 2.05) is 0 Å². The van der Waals surface area contributed by atoms with Crippen molar-refractivity contribution in [2.45, 2.75) is 51.6 Å². The molecule has 13 nitrogen and oxygen atoms in total. The first-order valence-corrected chi connectivity index (χ1v) is 15.3. The van der Waals surface area contributed by atoms with Crippen LogP contribution in [-0.2, 0) is 19.1 Å². The summed E-state index contributed by atoms with van der Waals surface area (Å²) in [5.74, 6) is -1.07. The van der Waals surface area contributed by atoms with Crippen molar-refractivity contribution < 1.29 is 43.0 Å². The average Bonchev–Trinajstić information content (AvgIpc) is 3.06. The van der Waals surface area contributed by atoms with Crippen molar-refractivity contribution in [2.75, 3.05) is 48.1 Å². The molecule has 0 bridgehead atoms. The van der Waals surface area contributed by atoms with Gasteiger partial charge in [0.2, 0.25) is 0 Å². The number of Topliss-reactive ketones (excluding diaryl/α,β-unsaturated/α-hetero) is 1. The largest absolute Gasteiger partial charge is 0.496 e. The Balaban J connectivity index is 1.46. The summed E-state index contributed by atoms with van der Waals surface area (Å²) in [7, 11) is 5.74. The molecule has 0 aromatic heterocycles. The summed E-state index contributed by atoms with van der Waals surface area (Å²) in [5, 5.41) is 14.6. The van der Waals surface area contributed by atoms with E-state index in [1.54, 1.807) is 32.0 Å². The molecule has 0 aliphatic carbocycles. The zero-order chi connectivity index (χ0) is 34.2. The highest BCUT2D eigenvalue weighted by Crippen LogP contribution is 2.40. The van der Waals surface area contributed by atoms with Crippen LogP contribution in [-0.4, -0.2) is 81.7 Å². The normalized spacial score (nSPS) is 18.3. The molecule has 2 atom stereocenters.